The second-order valence-corrected chi connectivity index (χ2v) is 6.14. The summed E-state index contributed by atoms with van der Waals surface area (Å²) in [4.78, 5) is 10.3. The van der Waals surface area contributed by atoms with E-state index in [2.05, 4.69) is 37.2 Å². The molecule has 0 radical (unpaired) electrons. The summed E-state index contributed by atoms with van der Waals surface area (Å²) in [6, 6.07) is 10.2. The van der Waals surface area contributed by atoms with Crippen LogP contribution in [0.5, 0.6) is 0 Å². The maximum absolute atomic E-state index is 10.7. The van der Waals surface area contributed by atoms with E-state index in [-0.39, 0.29) is 5.69 Å². The fourth-order valence-electron chi connectivity index (χ4n) is 1.61. The van der Waals surface area contributed by atoms with Gasteiger partial charge in [-0.05, 0) is 55.6 Å². The van der Waals surface area contributed by atoms with Gasteiger partial charge in [-0.25, -0.2) is 0 Å². The third-order valence-electron chi connectivity index (χ3n) is 2.63. The minimum absolute atomic E-state index is 0.00823. The molecule has 4 nitrogen and oxygen atoms in total. The first-order valence-electron chi connectivity index (χ1n) is 5.59. The number of non-ortho nitro benzene ring substituents is 1. The maximum atomic E-state index is 10.7. The molecule has 0 saturated heterocycles. The first kappa shape index (κ1) is 15.3. The van der Waals surface area contributed by atoms with Crippen molar-refractivity contribution in [2.75, 3.05) is 5.32 Å². The molecule has 0 amide bonds. The number of hydrogen-bond acceptors (Lipinski definition) is 3. The van der Waals surface area contributed by atoms with Crippen molar-refractivity contribution in [3.63, 3.8) is 0 Å². The van der Waals surface area contributed by atoms with E-state index >= 15 is 0 Å². The molecule has 0 aliphatic heterocycles. The summed E-state index contributed by atoms with van der Waals surface area (Å²) < 4.78 is 1.91. The summed E-state index contributed by atoms with van der Waals surface area (Å²) in [6.07, 6.45) is 0. The van der Waals surface area contributed by atoms with Crippen LogP contribution >= 0.6 is 43.5 Å². The topological polar surface area (TPSA) is 55.2 Å². The number of rotatable bonds is 4. The predicted octanol–water partition coefficient (Wildman–Crippen LogP) is 5.39. The SMILES string of the molecule is O=[N+]([O-])c1ccc(Cl)c(NCc2ccc(Br)c(Br)c2)c1. The Hall–Kier alpha value is -1.11. The number of nitro benzene ring substituents is 1. The summed E-state index contributed by atoms with van der Waals surface area (Å²) in [7, 11) is 0. The van der Waals surface area contributed by atoms with Gasteiger partial charge in [0.05, 0.1) is 15.6 Å². The summed E-state index contributed by atoms with van der Waals surface area (Å²) >= 11 is 12.8. The minimum atomic E-state index is -0.447. The third-order valence-corrected chi connectivity index (χ3v) is 4.84. The van der Waals surface area contributed by atoms with Gasteiger partial charge >= 0.3 is 0 Å². The largest absolute Gasteiger partial charge is 0.380 e. The number of nitrogens with one attached hydrogen (secondary N) is 1. The second-order valence-electron chi connectivity index (χ2n) is 4.02. The van der Waals surface area contributed by atoms with E-state index in [4.69, 9.17) is 11.6 Å². The van der Waals surface area contributed by atoms with Crippen molar-refractivity contribution in [2.24, 2.45) is 0 Å². The first-order chi connectivity index (χ1) is 9.47. The van der Waals surface area contributed by atoms with Gasteiger partial charge in [0.2, 0.25) is 0 Å². The monoisotopic (exact) mass is 418 g/mol. The van der Waals surface area contributed by atoms with Crippen LogP contribution in [0.3, 0.4) is 0 Å². The molecule has 20 heavy (non-hydrogen) atoms. The lowest BCUT2D eigenvalue weighted by Crippen LogP contribution is -2.01. The van der Waals surface area contributed by atoms with Gasteiger partial charge in [0.25, 0.3) is 5.69 Å². The van der Waals surface area contributed by atoms with Gasteiger partial charge in [0, 0.05) is 27.6 Å². The highest BCUT2D eigenvalue weighted by atomic mass is 79.9. The molecule has 0 bridgehead atoms. The van der Waals surface area contributed by atoms with Crippen molar-refractivity contribution >= 4 is 54.8 Å². The zero-order valence-corrected chi connectivity index (χ0v) is 14.0. The number of halogens is 3. The fraction of sp³-hybridized carbons (Fsp3) is 0.0769. The number of benzene rings is 2. The van der Waals surface area contributed by atoms with Gasteiger partial charge in [-0.15, -0.1) is 0 Å². The Labute approximate surface area is 137 Å². The number of nitro groups is 1. The average Bonchev–Trinajstić information content (AvgIpc) is 2.41. The first-order valence-corrected chi connectivity index (χ1v) is 7.55. The standard InChI is InChI=1S/C13H9Br2ClN2O2/c14-10-3-1-8(5-11(10)15)7-17-13-6-9(18(19)20)2-4-12(13)16/h1-6,17H,7H2. The van der Waals surface area contributed by atoms with Crippen LogP contribution in [0.15, 0.2) is 45.3 Å². The Bertz CT molecular complexity index is 665. The molecule has 2 aromatic rings. The summed E-state index contributed by atoms with van der Waals surface area (Å²) in [5, 5.41) is 14.3. The van der Waals surface area contributed by atoms with E-state index in [1.165, 1.54) is 18.2 Å². The highest BCUT2D eigenvalue weighted by Crippen LogP contribution is 2.28. The lowest BCUT2D eigenvalue weighted by Gasteiger charge is -2.09. The zero-order chi connectivity index (χ0) is 14.7. The molecular weight excluding hydrogens is 411 g/mol. The Kier molecular flexibility index (Phi) is 5.01. The molecule has 0 aromatic heterocycles. The zero-order valence-electron chi connectivity index (χ0n) is 10.1. The number of hydrogen-bond donors (Lipinski definition) is 1. The lowest BCUT2D eigenvalue weighted by molar-refractivity contribution is -0.384. The van der Waals surface area contributed by atoms with Crippen molar-refractivity contribution in [1.82, 2.24) is 0 Å². The van der Waals surface area contributed by atoms with Crippen LogP contribution in [0, 0.1) is 10.1 Å². The van der Waals surface area contributed by atoms with Crippen molar-refractivity contribution in [2.45, 2.75) is 6.54 Å². The molecule has 0 aliphatic carbocycles. The van der Waals surface area contributed by atoms with E-state index < -0.39 is 4.92 Å². The summed E-state index contributed by atoms with van der Waals surface area (Å²) in [5.74, 6) is 0. The number of nitrogens with zero attached hydrogens (tertiary/aromatic N) is 1. The van der Waals surface area contributed by atoms with Crippen molar-refractivity contribution in [3.05, 3.63) is 66.0 Å². The Morgan fingerprint density at radius 2 is 1.90 bits per heavy atom. The molecule has 2 aromatic carbocycles. The Morgan fingerprint density at radius 1 is 1.15 bits per heavy atom. The molecule has 1 N–H and O–H groups in total. The normalized spacial score (nSPS) is 10.3. The second kappa shape index (κ2) is 6.56. The molecule has 2 rings (SSSR count). The van der Waals surface area contributed by atoms with Crippen molar-refractivity contribution in [1.29, 1.82) is 0 Å². The van der Waals surface area contributed by atoms with Gasteiger partial charge in [-0.3, -0.25) is 10.1 Å². The summed E-state index contributed by atoms with van der Waals surface area (Å²) in [5.41, 5.74) is 1.58. The van der Waals surface area contributed by atoms with E-state index in [1.54, 1.807) is 0 Å². The van der Waals surface area contributed by atoms with Crippen LogP contribution in [0.4, 0.5) is 11.4 Å². The maximum Gasteiger partial charge on any atom is 0.271 e. The van der Waals surface area contributed by atoms with Gasteiger partial charge in [-0.1, -0.05) is 17.7 Å². The van der Waals surface area contributed by atoms with Crippen LogP contribution < -0.4 is 5.32 Å². The lowest BCUT2D eigenvalue weighted by atomic mass is 10.2. The molecule has 0 saturated carbocycles. The van der Waals surface area contributed by atoms with Crippen molar-refractivity contribution < 1.29 is 4.92 Å². The summed E-state index contributed by atoms with van der Waals surface area (Å²) in [6.45, 7) is 0.521. The highest BCUT2D eigenvalue weighted by molar-refractivity contribution is 9.13. The van der Waals surface area contributed by atoms with Gasteiger partial charge in [0.1, 0.15) is 0 Å². The van der Waals surface area contributed by atoms with Crippen LogP contribution in [0.1, 0.15) is 5.56 Å². The average molecular weight is 420 g/mol. The van der Waals surface area contributed by atoms with Gasteiger partial charge < -0.3 is 5.32 Å². The van der Waals surface area contributed by atoms with Crippen LogP contribution in [0.2, 0.25) is 5.02 Å². The van der Waals surface area contributed by atoms with E-state index in [9.17, 15) is 10.1 Å². The van der Waals surface area contributed by atoms with Gasteiger partial charge in [0.15, 0.2) is 0 Å². The van der Waals surface area contributed by atoms with E-state index in [0.717, 1.165) is 14.5 Å². The Balaban J connectivity index is 2.15. The quantitative estimate of drug-likeness (QED) is 0.533. The van der Waals surface area contributed by atoms with Crippen LogP contribution in [-0.2, 0) is 6.54 Å². The molecule has 0 atom stereocenters. The molecule has 7 heteroatoms. The minimum Gasteiger partial charge on any atom is -0.380 e. The van der Waals surface area contributed by atoms with Crippen LogP contribution in [0.25, 0.3) is 0 Å². The molecule has 0 spiro atoms. The molecule has 0 unspecified atom stereocenters. The molecule has 0 aliphatic rings. The molecular formula is C13H9Br2ClN2O2. The van der Waals surface area contributed by atoms with E-state index in [1.807, 2.05) is 18.2 Å². The molecule has 0 heterocycles. The van der Waals surface area contributed by atoms with E-state index in [0.29, 0.717) is 17.3 Å². The predicted molar refractivity (Wildman–Crippen MR) is 87.3 cm³/mol. The highest BCUT2D eigenvalue weighted by Gasteiger charge is 2.09. The molecule has 0 fully saturated rings. The smallest absolute Gasteiger partial charge is 0.271 e. The van der Waals surface area contributed by atoms with Crippen LogP contribution in [-0.4, -0.2) is 4.92 Å². The van der Waals surface area contributed by atoms with Gasteiger partial charge in [-0.2, -0.15) is 0 Å². The molecule has 104 valence electrons. The fourth-order valence-corrected chi connectivity index (χ4v) is 2.47. The number of anilines is 1. The Morgan fingerprint density at radius 3 is 2.55 bits per heavy atom. The third kappa shape index (κ3) is 3.71. The van der Waals surface area contributed by atoms with Crippen molar-refractivity contribution in [3.8, 4) is 0 Å².